The van der Waals surface area contributed by atoms with E-state index in [0.29, 0.717) is 34.2 Å². The highest BCUT2D eigenvalue weighted by Crippen LogP contribution is 2.41. The Labute approximate surface area is 201 Å². The Hall–Kier alpha value is -3.64. The highest BCUT2D eigenvalue weighted by molar-refractivity contribution is 6.31. The van der Waals surface area contributed by atoms with E-state index in [1.165, 1.54) is 4.90 Å². The van der Waals surface area contributed by atoms with E-state index in [4.69, 9.17) is 20.8 Å². The molecule has 0 saturated carbocycles. The molecule has 2 aromatic carbocycles. The second kappa shape index (κ2) is 8.95. The molecule has 0 radical (unpaired) electrons. The number of anilines is 1. The normalized spacial score (nSPS) is 15.1. The van der Waals surface area contributed by atoms with Crippen LogP contribution < -0.4 is 15.1 Å². The number of unbranched alkanes of at least 4 members (excludes halogenated alkanes) is 1. The van der Waals surface area contributed by atoms with E-state index in [9.17, 15) is 9.59 Å². The van der Waals surface area contributed by atoms with E-state index in [2.05, 4.69) is 11.9 Å². The van der Waals surface area contributed by atoms with Crippen molar-refractivity contribution in [2.45, 2.75) is 32.7 Å². The molecule has 0 saturated heterocycles. The molecule has 3 heterocycles. The topological polar surface area (TPSA) is 72.6 Å². The van der Waals surface area contributed by atoms with Crippen molar-refractivity contribution in [3.05, 3.63) is 98.5 Å². The van der Waals surface area contributed by atoms with Gasteiger partial charge in [-0.25, -0.2) is 4.98 Å². The van der Waals surface area contributed by atoms with Crippen LogP contribution >= 0.6 is 11.6 Å². The number of hydrogen-bond acceptors (Lipinski definition) is 5. The maximum absolute atomic E-state index is 13.7. The molecular formula is C27H23ClN2O4. The average molecular weight is 475 g/mol. The average Bonchev–Trinajstić information content (AvgIpc) is 3.13. The lowest BCUT2D eigenvalue weighted by Crippen LogP contribution is -2.30. The molecule has 1 atom stereocenters. The molecule has 0 aliphatic carbocycles. The van der Waals surface area contributed by atoms with Gasteiger partial charge in [0, 0.05) is 11.2 Å². The molecule has 0 fully saturated rings. The van der Waals surface area contributed by atoms with Gasteiger partial charge in [0.1, 0.15) is 17.2 Å². The Morgan fingerprint density at radius 3 is 2.74 bits per heavy atom. The van der Waals surface area contributed by atoms with Crippen LogP contribution in [0.25, 0.3) is 11.0 Å². The Morgan fingerprint density at radius 1 is 1.12 bits per heavy atom. The molecule has 0 bridgehead atoms. The molecule has 0 unspecified atom stereocenters. The van der Waals surface area contributed by atoms with Crippen molar-refractivity contribution in [2.75, 3.05) is 11.5 Å². The summed E-state index contributed by atoms with van der Waals surface area (Å²) in [5.74, 6) is 0.717. The summed E-state index contributed by atoms with van der Waals surface area (Å²) < 4.78 is 11.9. The SMILES string of the molecule is CCCCOc1cccc([C@H]2c3c(oc4ccc(Cl)cc4c3=O)C(=O)N2c2ccc(C)cn2)c1. The Balaban J connectivity index is 1.71. The summed E-state index contributed by atoms with van der Waals surface area (Å²) in [7, 11) is 0. The van der Waals surface area contributed by atoms with Gasteiger partial charge in [-0.1, -0.05) is 43.1 Å². The van der Waals surface area contributed by atoms with Crippen LogP contribution in [0.3, 0.4) is 0 Å². The summed E-state index contributed by atoms with van der Waals surface area (Å²) in [5.41, 5.74) is 2.00. The molecule has 34 heavy (non-hydrogen) atoms. The largest absolute Gasteiger partial charge is 0.494 e. The van der Waals surface area contributed by atoms with E-state index >= 15 is 0 Å². The fourth-order valence-electron chi connectivity index (χ4n) is 4.21. The molecular weight excluding hydrogens is 452 g/mol. The first-order valence-electron chi connectivity index (χ1n) is 11.2. The lowest BCUT2D eigenvalue weighted by atomic mass is 9.98. The second-order valence-corrected chi connectivity index (χ2v) is 8.80. The van der Waals surface area contributed by atoms with Crippen LogP contribution in [-0.4, -0.2) is 17.5 Å². The van der Waals surface area contributed by atoms with Crippen molar-refractivity contribution >= 4 is 34.3 Å². The fourth-order valence-corrected chi connectivity index (χ4v) is 4.38. The standard InChI is InChI=1S/C27H23ClN2O4/c1-3-4-12-33-19-7-5-6-17(13-19)24-23-25(31)20-14-18(28)9-10-21(20)34-26(23)27(32)30(24)22-11-8-16(2)15-29-22/h5-11,13-15,24H,3-4,12H2,1-2H3/t24-/m0/s1. The van der Waals surface area contributed by atoms with Crippen LogP contribution in [0, 0.1) is 6.92 Å². The molecule has 0 N–H and O–H groups in total. The predicted octanol–water partition coefficient (Wildman–Crippen LogP) is 6.08. The van der Waals surface area contributed by atoms with Crippen molar-refractivity contribution < 1.29 is 13.9 Å². The Morgan fingerprint density at radius 2 is 1.97 bits per heavy atom. The first-order chi connectivity index (χ1) is 16.5. The number of halogens is 1. The van der Waals surface area contributed by atoms with Gasteiger partial charge in [0.15, 0.2) is 5.43 Å². The van der Waals surface area contributed by atoms with Crippen molar-refractivity contribution in [3.8, 4) is 5.75 Å². The highest BCUT2D eigenvalue weighted by Gasteiger charge is 2.44. The van der Waals surface area contributed by atoms with Gasteiger partial charge in [-0.3, -0.25) is 14.5 Å². The number of benzene rings is 2. The third kappa shape index (κ3) is 3.84. The van der Waals surface area contributed by atoms with Gasteiger partial charge in [0.05, 0.1) is 23.6 Å². The number of aromatic nitrogens is 1. The number of pyridine rings is 1. The molecule has 4 aromatic rings. The summed E-state index contributed by atoms with van der Waals surface area (Å²) in [6, 6.07) is 15.2. The van der Waals surface area contributed by atoms with Gasteiger partial charge in [-0.05, 0) is 60.9 Å². The van der Waals surface area contributed by atoms with E-state index in [0.717, 1.165) is 24.0 Å². The van der Waals surface area contributed by atoms with Gasteiger partial charge in [-0.15, -0.1) is 0 Å². The summed E-state index contributed by atoms with van der Waals surface area (Å²) in [5, 5.41) is 0.752. The molecule has 7 heteroatoms. The lowest BCUT2D eigenvalue weighted by molar-refractivity contribution is 0.0970. The summed E-state index contributed by atoms with van der Waals surface area (Å²) >= 11 is 6.16. The maximum Gasteiger partial charge on any atom is 0.296 e. The molecule has 1 aliphatic heterocycles. The number of rotatable bonds is 6. The fraction of sp³-hybridized carbons (Fsp3) is 0.222. The second-order valence-electron chi connectivity index (χ2n) is 8.36. The smallest absolute Gasteiger partial charge is 0.296 e. The Kier molecular flexibility index (Phi) is 5.84. The summed E-state index contributed by atoms with van der Waals surface area (Å²) in [4.78, 5) is 33.3. The zero-order valence-electron chi connectivity index (χ0n) is 18.9. The third-order valence-corrected chi connectivity index (χ3v) is 6.15. The number of fused-ring (bicyclic) bond motifs is 2. The zero-order valence-corrected chi connectivity index (χ0v) is 19.6. The van der Waals surface area contributed by atoms with Crippen molar-refractivity contribution in [2.24, 2.45) is 0 Å². The van der Waals surface area contributed by atoms with Crippen LogP contribution in [0.5, 0.6) is 5.75 Å². The van der Waals surface area contributed by atoms with Gasteiger partial charge in [0.25, 0.3) is 5.91 Å². The number of ether oxygens (including phenoxy) is 1. The predicted molar refractivity (Wildman–Crippen MR) is 132 cm³/mol. The van der Waals surface area contributed by atoms with Crippen LogP contribution in [0.2, 0.25) is 5.02 Å². The molecule has 0 spiro atoms. The maximum atomic E-state index is 13.7. The van der Waals surface area contributed by atoms with Crippen LogP contribution in [0.1, 0.15) is 53.1 Å². The van der Waals surface area contributed by atoms with Gasteiger partial charge >= 0.3 is 0 Å². The number of aryl methyl sites for hydroxylation is 1. The monoisotopic (exact) mass is 474 g/mol. The van der Waals surface area contributed by atoms with E-state index in [1.54, 1.807) is 30.5 Å². The van der Waals surface area contributed by atoms with Crippen LogP contribution in [0.4, 0.5) is 5.82 Å². The molecule has 1 amide bonds. The van der Waals surface area contributed by atoms with Crippen molar-refractivity contribution in [1.82, 2.24) is 4.98 Å². The number of carbonyl (C=O) groups is 1. The molecule has 1 aliphatic rings. The number of carbonyl (C=O) groups excluding carboxylic acids is 1. The van der Waals surface area contributed by atoms with Gasteiger partial charge in [-0.2, -0.15) is 0 Å². The van der Waals surface area contributed by atoms with Gasteiger partial charge < -0.3 is 9.15 Å². The Bertz CT molecular complexity index is 1450. The number of hydrogen-bond donors (Lipinski definition) is 0. The minimum atomic E-state index is -0.716. The number of amides is 1. The summed E-state index contributed by atoms with van der Waals surface area (Å²) in [6.07, 6.45) is 3.65. The molecule has 2 aromatic heterocycles. The molecule has 172 valence electrons. The minimum absolute atomic E-state index is 0.0181. The van der Waals surface area contributed by atoms with Crippen molar-refractivity contribution in [3.63, 3.8) is 0 Å². The third-order valence-electron chi connectivity index (χ3n) is 5.92. The van der Waals surface area contributed by atoms with Crippen molar-refractivity contribution in [1.29, 1.82) is 0 Å². The summed E-state index contributed by atoms with van der Waals surface area (Å²) in [6.45, 7) is 4.62. The van der Waals surface area contributed by atoms with E-state index in [-0.39, 0.29) is 16.8 Å². The quantitative estimate of drug-likeness (QED) is 0.317. The van der Waals surface area contributed by atoms with Gasteiger partial charge in [0.2, 0.25) is 5.76 Å². The highest BCUT2D eigenvalue weighted by atomic mass is 35.5. The van der Waals surface area contributed by atoms with Crippen LogP contribution in [0.15, 0.2) is 70.0 Å². The lowest BCUT2D eigenvalue weighted by Gasteiger charge is -2.24. The first-order valence-corrected chi connectivity index (χ1v) is 11.6. The van der Waals surface area contributed by atoms with E-state index < -0.39 is 11.9 Å². The first kappa shape index (κ1) is 22.2. The molecule has 6 nitrogen and oxygen atoms in total. The van der Waals surface area contributed by atoms with Crippen LogP contribution in [-0.2, 0) is 0 Å². The minimum Gasteiger partial charge on any atom is -0.494 e. The van der Waals surface area contributed by atoms with E-state index in [1.807, 2.05) is 37.3 Å². The zero-order chi connectivity index (χ0) is 23.8. The number of nitrogens with zero attached hydrogens (tertiary/aromatic N) is 2. The molecule has 5 rings (SSSR count).